The van der Waals surface area contributed by atoms with E-state index in [0.717, 1.165) is 37.4 Å². The van der Waals surface area contributed by atoms with Gasteiger partial charge in [-0.3, -0.25) is 0 Å². The average molecular weight is 264 g/mol. The van der Waals surface area contributed by atoms with E-state index in [4.69, 9.17) is 9.47 Å². The standard InChI is InChI=1S/C16H24O3/c1-11(2)6-7-19-15-5-4-12(10-16(15)18-3)13-8-14(17)9-13/h4-5,10-11,13-14,17H,6-9H2,1-3H3. The van der Waals surface area contributed by atoms with Crippen LogP contribution in [0.3, 0.4) is 0 Å². The molecule has 3 nitrogen and oxygen atoms in total. The van der Waals surface area contributed by atoms with Gasteiger partial charge < -0.3 is 14.6 Å². The molecular weight excluding hydrogens is 240 g/mol. The highest BCUT2D eigenvalue weighted by molar-refractivity contribution is 5.44. The van der Waals surface area contributed by atoms with Gasteiger partial charge >= 0.3 is 0 Å². The zero-order valence-electron chi connectivity index (χ0n) is 12.1. The summed E-state index contributed by atoms with van der Waals surface area (Å²) in [7, 11) is 1.67. The quantitative estimate of drug-likeness (QED) is 0.856. The fourth-order valence-corrected chi connectivity index (χ4v) is 2.32. The first-order valence-electron chi connectivity index (χ1n) is 7.09. The van der Waals surface area contributed by atoms with Gasteiger partial charge in [0.15, 0.2) is 11.5 Å². The number of hydrogen-bond donors (Lipinski definition) is 1. The van der Waals surface area contributed by atoms with E-state index in [9.17, 15) is 5.11 Å². The van der Waals surface area contributed by atoms with Crippen molar-refractivity contribution in [2.24, 2.45) is 5.92 Å². The molecule has 0 aliphatic heterocycles. The number of aliphatic hydroxyl groups is 1. The predicted molar refractivity (Wildman–Crippen MR) is 75.9 cm³/mol. The second kappa shape index (κ2) is 6.29. The Hall–Kier alpha value is -1.22. The third kappa shape index (κ3) is 3.63. The van der Waals surface area contributed by atoms with E-state index in [1.54, 1.807) is 7.11 Å². The maximum absolute atomic E-state index is 9.37. The van der Waals surface area contributed by atoms with Gasteiger partial charge in [-0.15, -0.1) is 0 Å². The lowest BCUT2D eigenvalue weighted by Crippen LogP contribution is -2.26. The van der Waals surface area contributed by atoms with Crippen molar-refractivity contribution in [2.45, 2.75) is 45.1 Å². The van der Waals surface area contributed by atoms with Gasteiger partial charge in [0.2, 0.25) is 0 Å². The Bertz CT molecular complexity index is 408. The van der Waals surface area contributed by atoms with E-state index in [2.05, 4.69) is 19.9 Å². The molecule has 0 spiro atoms. The SMILES string of the molecule is COc1cc(C2CC(O)C2)ccc1OCCC(C)C. The summed E-state index contributed by atoms with van der Waals surface area (Å²) in [6, 6.07) is 6.12. The van der Waals surface area contributed by atoms with Gasteiger partial charge in [-0.2, -0.15) is 0 Å². The second-order valence-corrected chi connectivity index (χ2v) is 5.76. The third-order valence-electron chi connectivity index (χ3n) is 3.73. The van der Waals surface area contributed by atoms with Gasteiger partial charge in [-0.05, 0) is 48.8 Å². The molecular formula is C16H24O3. The number of hydrogen-bond acceptors (Lipinski definition) is 3. The van der Waals surface area contributed by atoms with Gasteiger partial charge in [-0.25, -0.2) is 0 Å². The molecule has 3 heteroatoms. The van der Waals surface area contributed by atoms with Gasteiger partial charge in [0.25, 0.3) is 0 Å². The van der Waals surface area contributed by atoms with Crippen molar-refractivity contribution in [3.05, 3.63) is 23.8 Å². The first-order valence-corrected chi connectivity index (χ1v) is 7.09. The highest BCUT2D eigenvalue weighted by atomic mass is 16.5. The van der Waals surface area contributed by atoms with Crippen LogP contribution in [0.5, 0.6) is 11.5 Å². The Kier molecular flexibility index (Phi) is 4.70. The minimum Gasteiger partial charge on any atom is -0.493 e. The van der Waals surface area contributed by atoms with E-state index in [-0.39, 0.29) is 6.10 Å². The summed E-state index contributed by atoms with van der Waals surface area (Å²) < 4.78 is 11.2. The summed E-state index contributed by atoms with van der Waals surface area (Å²) in [6.45, 7) is 5.09. The Balaban J connectivity index is 2.00. The van der Waals surface area contributed by atoms with Crippen LogP contribution in [0.2, 0.25) is 0 Å². The summed E-state index contributed by atoms with van der Waals surface area (Å²) in [6.07, 6.45) is 2.63. The van der Waals surface area contributed by atoms with Crippen LogP contribution in [0, 0.1) is 5.92 Å². The molecule has 0 aromatic heterocycles. The largest absolute Gasteiger partial charge is 0.493 e. The molecule has 1 N–H and O–H groups in total. The molecule has 0 atom stereocenters. The van der Waals surface area contributed by atoms with Crippen LogP contribution in [-0.4, -0.2) is 24.9 Å². The number of rotatable bonds is 6. The highest BCUT2D eigenvalue weighted by Crippen LogP contribution is 2.40. The maximum Gasteiger partial charge on any atom is 0.161 e. The van der Waals surface area contributed by atoms with E-state index < -0.39 is 0 Å². The topological polar surface area (TPSA) is 38.7 Å². The van der Waals surface area contributed by atoms with Crippen molar-refractivity contribution < 1.29 is 14.6 Å². The average Bonchev–Trinajstić information content (AvgIpc) is 2.35. The fraction of sp³-hybridized carbons (Fsp3) is 0.625. The molecule has 1 saturated carbocycles. The number of ether oxygens (including phenoxy) is 2. The number of aliphatic hydroxyl groups excluding tert-OH is 1. The van der Waals surface area contributed by atoms with E-state index in [0.29, 0.717) is 11.8 Å². The number of benzene rings is 1. The molecule has 19 heavy (non-hydrogen) atoms. The van der Waals surface area contributed by atoms with Crippen LogP contribution >= 0.6 is 0 Å². The van der Waals surface area contributed by atoms with Crippen LogP contribution in [-0.2, 0) is 0 Å². The molecule has 1 fully saturated rings. The summed E-state index contributed by atoms with van der Waals surface area (Å²) >= 11 is 0. The van der Waals surface area contributed by atoms with Gasteiger partial charge in [-0.1, -0.05) is 19.9 Å². The Morgan fingerprint density at radius 3 is 2.58 bits per heavy atom. The minimum absolute atomic E-state index is 0.127. The summed E-state index contributed by atoms with van der Waals surface area (Å²) in [5, 5.41) is 9.37. The smallest absolute Gasteiger partial charge is 0.161 e. The zero-order chi connectivity index (χ0) is 13.8. The summed E-state index contributed by atoms with van der Waals surface area (Å²) in [4.78, 5) is 0. The lowest BCUT2D eigenvalue weighted by molar-refractivity contribution is 0.0745. The first kappa shape index (κ1) is 14.2. The molecule has 0 amide bonds. The molecule has 0 saturated heterocycles. The van der Waals surface area contributed by atoms with Gasteiger partial charge in [0.1, 0.15) is 0 Å². The first-order chi connectivity index (χ1) is 9.10. The van der Waals surface area contributed by atoms with Crippen LogP contribution in [0.4, 0.5) is 0 Å². The van der Waals surface area contributed by atoms with Crippen molar-refractivity contribution >= 4 is 0 Å². The number of methoxy groups -OCH3 is 1. The van der Waals surface area contributed by atoms with E-state index >= 15 is 0 Å². The minimum atomic E-state index is -0.127. The van der Waals surface area contributed by atoms with E-state index in [1.807, 2.05) is 12.1 Å². The van der Waals surface area contributed by atoms with Crippen molar-refractivity contribution in [3.63, 3.8) is 0 Å². The van der Waals surface area contributed by atoms with Gasteiger partial charge in [0, 0.05) is 0 Å². The molecule has 1 aromatic rings. The molecule has 0 unspecified atom stereocenters. The zero-order valence-corrected chi connectivity index (χ0v) is 12.1. The van der Waals surface area contributed by atoms with Crippen molar-refractivity contribution in [2.75, 3.05) is 13.7 Å². The molecule has 1 aromatic carbocycles. The highest BCUT2D eigenvalue weighted by Gasteiger charge is 2.29. The maximum atomic E-state index is 9.37. The molecule has 0 bridgehead atoms. The van der Waals surface area contributed by atoms with Crippen LogP contribution < -0.4 is 9.47 Å². The predicted octanol–water partition coefficient (Wildman–Crippen LogP) is 3.36. The lowest BCUT2D eigenvalue weighted by Gasteiger charge is -2.32. The Labute approximate surface area is 115 Å². The van der Waals surface area contributed by atoms with Gasteiger partial charge in [0.05, 0.1) is 19.8 Å². The molecule has 0 radical (unpaired) electrons. The Morgan fingerprint density at radius 2 is 2.00 bits per heavy atom. The van der Waals surface area contributed by atoms with E-state index in [1.165, 1.54) is 5.56 Å². The molecule has 0 heterocycles. The molecule has 1 aliphatic rings. The summed E-state index contributed by atoms with van der Waals surface area (Å²) in [5.74, 6) is 2.71. The Morgan fingerprint density at radius 1 is 1.26 bits per heavy atom. The van der Waals surface area contributed by atoms with Crippen molar-refractivity contribution in [1.29, 1.82) is 0 Å². The third-order valence-corrected chi connectivity index (χ3v) is 3.73. The molecule has 106 valence electrons. The monoisotopic (exact) mass is 264 g/mol. The van der Waals surface area contributed by atoms with Crippen LogP contribution in [0.1, 0.15) is 44.6 Å². The van der Waals surface area contributed by atoms with Crippen LogP contribution in [0.15, 0.2) is 18.2 Å². The summed E-state index contributed by atoms with van der Waals surface area (Å²) in [5.41, 5.74) is 1.23. The lowest BCUT2D eigenvalue weighted by atomic mass is 9.77. The molecule has 2 rings (SSSR count). The van der Waals surface area contributed by atoms with Crippen LogP contribution in [0.25, 0.3) is 0 Å². The van der Waals surface area contributed by atoms with Crippen molar-refractivity contribution in [1.82, 2.24) is 0 Å². The fourth-order valence-electron chi connectivity index (χ4n) is 2.32. The normalized spacial score (nSPS) is 22.2. The van der Waals surface area contributed by atoms with Crippen molar-refractivity contribution in [3.8, 4) is 11.5 Å². The molecule has 1 aliphatic carbocycles. The second-order valence-electron chi connectivity index (χ2n) is 5.76.